The van der Waals surface area contributed by atoms with Crippen LogP contribution in [0.15, 0.2) is 28.8 Å². The molecule has 0 spiro atoms. The van der Waals surface area contributed by atoms with Crippen LogP contribution < -0.4 is 0 Å². The number of likely N-dealkylation sites (tertiary alicyclic amines) is 1. The van der Waals surface area contributed by atoms with E-state index in [1.165, 1.54) is 37.7 Å². The van der Waals surface area contributed by atoms with Gasteiger partial charge in [-0.2, -0.15) is 4.98 Å². The van der Waals surface area contributed by atoms with Crippen LogP contribution in [-0.2, 0) is 11.2 Å². The van der Waals surface area contributed by atoms with E-state index in [0.29, 0.717) is 30.5 Å². The molecule has 1 aliphatic carbocycles. The van der Waals surface area contributed by atoms with Crippen molar-refractivity contribution in [3.63, 3.8) is 0 Å². The third kappa shape index (κ3) is 4.29. The van der Waals surface area contributed by atoms with E-state index in [-0.39, 0.29) is 5.91 Å². The molecule has 150 valence electrons. The molecule has 1 aromatic carbocycles. The van der Waals surface area contributed by atoms with Gasteiger partial charge in [0, 0.05) is 31.5 Å². The van der Waals surface area contributed by atoms with Gasteiger partial charge in [0.2, 0.25) is 17.6 Å². The van der Waals surface area contributed by atoms with Crippen LogP contribution in [0.25, 0.3) is 11.4 Å². The Morgan fingerprint density at radius 3 is 2.64 bits per heavy atom. The number of fused-ring (bicyclic) bond motifs is 1. The Labute approximate surface area is 167 Å². The molecule has 2 heterocycles. The van der Waals surface area contributed by atoms with E-state index >= 15 is 0 Å². The minimum absolute atomic E-state index is 0.227. The molecule has 0 radical (unpaired) electrons. The lowest BCUT2D eigenvalue weighted by molar-refractivity contribution is -0.134. The quantitative estimate of drug-likeness (QED) is 0.744. The maximum atomic E-state index is 12.7. The average Bonchev–Trinajstić information content (AvgIpc) is 3.21. The van der Waals surface area contributed by atoms with Crippen molar-refractivity contribution in [1.82, 2.24) is 15.0 Å². The van der Waals surface area contributed by atoms with Crippen LogP contribution in [0.3, 0.4) is 0 Å². The summed E-state index contributed by atoms with van der Waals surface area (Å²) in [6.45, 7) is 6.21. The highest BCUT2D eigenvalue weighted by Gasteiger charge is 2.32. The molecule has 1 aromatic heterocycles. The number of aryl methyl sites for hydroxylation is 1. The first kappa shape index (κ1) is 19.2. The number of hydrogen-bond donors (Lipinski definition) is 0. The van der Waals surface area contributed by atoms with Crippen molar-refractivity contribution < 1.29 is 9.32 Å². The molecule has 2 fully saturated rings. The van der Waals surface area contributed by atoms with E-state index in [1.54, 1.807) is 0 Å². The van der Waals surface area contributed by atoms with Crippen molar-refractivity contribution in [2.45, 2.75) is 64.7 Å². The molecule has 5 nitrogen and oxygen atoms in total. The largest absolute Gasteiger partial charge is 0.342 e. The molecule has 4 rings (SSSR count). The lowest BCUT2D eigenvalue weighted by Gasteiger charge is -2.41. The van der Waals surface area contributed by atoms with Gasteiger partial charge in [0.05, 0.1) is 0 Å². The molecule has 5 heteroatoms. The fourth-order valence-corrected chi connectivity index (χ4v) is 4.69. The molecule has 28 heavy (non-hydrogen) atoms. The molecule has 2 aromatic rings. The summed E-state index contributed by atoms with van der Waals surface area (Å²) >= 11 is 0. The number of carbonyl (C=O) groups is 1. The Morgan fingerprint density at radius 2 is 1.89 bits per heavy atom. The smallest absolute Gasteiger partial charge is 0.227 e. The lowest BCUT2D eigenvalue weighted by atomic mass is 9.75. The number of hydrogen-bond acceptors (Lipinski definition) is 4. The van der Waals surface area contributed by atoms with Crippen LogP contribution >= 0.6 is 0 Å². The van der Waals surface area contributed by atoms with Crippen LogP contribution in [0, 0.1) is 11.8 Å². The van der Waals surface area contributed by atoms with Gasteiger partial charge in [-0.25, -0.2) is 0 Å². The van der Waals surface area contributed by atoms with Gasteiger partial charge in [0.25, 0.3) is 0 Å². The summed E-state index contributed by atoms with van der Waals surface area (Å²) in [7, 11) is 0. The van der Waals surface area contributed by atoms with Crippen molar-refractivity contribution in [3.8, 4) is 11.4 Å². The third-order valence-corrected chi connectivity index (χ3v) is 6.50. The number of benzene rings is 1. The zero-order chi connectivity index (χ0) is 19.5. The highest BCUT2D eigenvalue weighted by Crippen LogP contribution is 2.36. The first-order valence-electron chi connectivity index (χ1n) is 10.8. The van der Waals surface area contributed by atoms with E-state index in [9.17, 15) is 4.79 Å². The number of piperidine rings is 1. The minimum atomic E-state index is 0.227. The maximum Gasteiger partial charge on any atom is 0.227 e. The molecule has 0 N–H and O–H groups in total. The van der Waals surface area contributed by atoms with E-state index in [4.69, 9.17) is 4.52 Å². The van der Waals surface area contributed by atoms with Crippen LogP contribution in [0.2, 0.25) is 0 Å². The fourth-order valence-electron chi connectivity index (χ4n) is 4.69. The SMILES string of the molecule is CC(C)c1ccc(-c2noc(CCC(=O)N3CC[C@@H]4CCCC[C@@H]4C3)n2)cc1. The Bertz CT molecular complexity index is 796. The van der Waals surface area contributed by atoms with Gasteiger partial charge in [-0.05, 0) is 36.2 Å². The van der Waals surface area contributed by atoms with Gasteiger partial charge in [-0.15, -0.1) is 0 Å². The second kappa shape index (κ2) is 8.46. The van der Waals surface area contributed by atoms with Crippen LogP contribution in [0.5, 0.6) is 0 Å². The normalized spacial score (nSPS) is 22.3. The van der Waals surface area contributed by atoms with Gasteiger partial charge in [0.15, 0.2) is 0 Å². The molecule has 2 atom stereocenters. The molecule has 1 saturated carbocycles. The maximum absolute atomic E-state index is 12.7. The van der Waals surface area contributed by atoms with Crippen LogP contribution in [-0.4, -0.2) is 34.0 Å². The standard InChI is InChI=1S/C23H31N3O2/c1-16(2)17-7-9-19(10-8-17)23-24-21(28-25-23)11-12-22(27)26-14-13-18-5-3-4-6-20(18)15-26/h7-10,16,18,20H,3-6,11-15H2,1-2H3/t18-,20+/m0/s1. The Morgan fingerprint density at radius 1 is 1.14 bits per heavy atom. The summed E-state index contributed by atoms with van der Waals surface area (Å²) in [5.74, 6) is 3.43. The van der Waals surface area contributed by atoms with Crippen molar-refractivity contribution in [3.05, 3.63) is 35.7 Å². The fraction of sp³-hybridized carbons (Fsp3) is 0.609. The van der Waals surface area contributed by atoms with E-state index in [1.807, 2.05) is 12.1 Å². The topological polar surface area (TPSA) is 59.2 Å². The Kier molecular flexibility index (Phi) is 5.79. The molecule has 1 amide bonds. The Balaban J connectivity index is 1.31. The summed E-state index contributed by atoms with van der Waals surface area (Å²) < 4.78 is 5.39. The highest BCUT2D eigenvalue weighted by atomic mass is 16.5. The van der Waals surface area contributed by atoms with Gasteiger partial charge in [-0.1, -0.05) is 62.5 Å². The molecule has 2 aliphatic rings. The highest BCUT2D eigenvalue weighted by molar-refractivity contribution is 5.76. The van der Waals surface area contributed by atoms with Crippen molar-refractivity contribution in [1.29, 1.82) is 0 Å². The first-order valence-corrected chi connectivity index (χ1v) is 10.8. The van der Waals surface area contributed by atoms with E-state index in [2.05, 4.69) is 41.0 Å². The minimum Gasteiger partial charge on any atom is -0.342 e. The summed E-state index contributed by atoms with van der Waals surface area (Å²) in [5.41, 5.74) is 2.24. The van der Waals surface area contributed by atoms with Gasteiger partial charge in [0.1, 0.15) is 0 Å². The van der Waals surface area contributed by atoms with Gasteiger partial charge >= 0.3 is 0 Å². The molecular formula is C23H31N3O2. The van der Waals surface area contributed by atoms with Crippen molar-refractivity contribution in [2.24, 2.45) is 11.8 Å². The predicted octanol–water partition coefficient (Wildman–Crippen LogP) is 4.83. The van der Waals surface area contributed by atoms with Crippen LogP contribution in [0.1, 0.15) is 69.7 Å². The molecular weight excluding hydrogens is 350 g/mol. The van der Waals surface area contributed by atoms with Gasteiger partial charge in [-0.3, -0.25) is 4.79 Å². The molecule has 1 aliphatic heterocycles. The first-order chi connectivity index (χ1) is 13.6. The predicted molar refractivity (Wildman–Crippen MR) is 109 cm³/mol. The average molecular weight is 382 g/mol. The number of carbonyl (C=O) groups excluding carboxylic acids is 1. The zero-order valence-electron chi connectivity index (χ0n) is 17.1. The molecule has 1 saturated heterocycles. The second-order valence-electron chi connectivity index (χ2n) is 8.72. The van der Waals surface area contributed by atoms with Gasteiger partial charge < -0.3 is 9.42 Å². The monoisotopic (exact) mass is 381 g/mol. The number of rotatable bonds is 5. The summed E-state index contributed by atoms with van der Waals surface area (Å²) in [6, 6.07) is 8.27. The lowest BCUT2D eigenvalue weighted by Crippen LogP contribution is -2.44. The number of amides is 1. The zero-order valence-corrected chi connectivity index (χ0v) is 17.1. The third-order valence-electron chi connectivity index (χ3n) is 6.50. The molecule has 0 bridgehead atoms. The molecule has 0 unspecified atom stereocenters. The summed E-state index contributed by atoms with van der Waals surface area (Å²) in [6.07, 6.45) is 7.48. The van der Waals surface area contributed by atoms with Crippen molar-refractivity contribution >= 4 is 5.91 Å². The van der Waals surface area contributed by atoms with E-state index < -0.39 is 0 Å². The number of aromatic nitrogens is 2. The number of nitrogens with zero attached hydrogens (tertiary/aromatic N) is 3. The van der Waals surface area contributed by atoms with E-state index in [0.717, 1.165) is 30.5 Å². The Hall–Kier alpha value is -2.17. The second-order valence-corrected chi connectivity index (χ2v) is 8.72. The summed E-state index contributed by atoms with van der Waals surface area (Å²) in [5, 5.41) is 4.09. The van der Waals surface area contributed by atoms with Crippen molar-refractivity contribution in [2.75, 3.05) is 13.1 Å². The summed E-state index contributed by atoms with van der Waals surface area (Å²) in [4.78, 5) is 19.2. The van der Waals surface area contributed by atoms with Crippen LogP contribution in [0.4, 0.5) is 0 Å².